The molecule has 3 fully saturated rings. The highest BCUT2D eigenvalue weighted by molar-refractivity contribution is 6.39. The Bertz CT molecular complexity index is 1880. The van der Waals surface area contributed by atoms with Gasteiger partial charge in [0.25, 0.3) is 11.7 Å². The van der Waals surface area contributed by atoms with E-state index >= 15 is 0 Å². The predicted octanol–water partition coefficient (Wildman–Crippen LogP) is 5.98. The maximum absolute atomic E-state index is 14.4. The lowest BCUT2D eigenvalue weighted by Crippen LogP contribution is -2.60. The maximum atomic E-state index is 14.4. The number of esters is 1. The van der Waals surface area contributed by atoms with Gasteiger partial charge in [0.05, 0.1) is 64.1 Å². The lowest BCUT2D eigenvalue weighted by molar-refractivity contribution is -0.266. The van der Waals surface area contributed by atoms with E-state index in [-0.39, 0.29) is 81.2 Å². The molecule has 2 saturated heterocycles. The fraction of sp³-hybridized carbons (Fsp3) is 0.768. The van der Waals surface area contributed by atoms with Crippen LogP contribution in [0, 0.1) is 29.6 Å². The molecule has 4 aliphatic rings. The largest absolute Gasteiger partial charge is 0.460 e. The summed E-state index contributed by atoms with van der Waals surface area (Å²) in [5, 5.41) is 33.0. The van der Waals surface area contributed by atoms with Crippen LogP contribution in [0.3, 0.4) is 0 Å². The zero-order valence-corrected chi connectivity index (χ0v) is 45.2. The van der Waals surface area contributed by atoms with Gasteiger partial charge in [0.15, 0.2) is 5.78 Å². The Balaban J connectivity index is 1.68. The van der Waals surface area contributed by atoms with Crippen molar-refractivity contribution in [2.24, 2.45) is 29.6 Å². The van der Waals surface area contributed by atoms with E-state index in [0.29, 0.717) is 83.2 Å². The van der Waals surface area contributed by atoms with E-state index in [1.54, 1.807) is 41.1 Å². The normalized spacial score (nSPS) is 35.7. The van der Waals surface area contributed by atoms with Crippen molar-refractivity contribution in [2.45, 2.75) is 180 Å². The number of aliphatic hydroxyl groups excluding tert-OH is 2. The van der Waals surface area contributed by atoms with Gasteiger partial charge in [-0.25, -0.2) is 4.79 Å². The van der Waals surface area contributed by atoms with Gasteiger partial charge in [-0.05, 0) is 107 Å². The first-order valence-electron chi connectivity index (χ1n) is 26.8. The van der Waals surface area contributed by atoms with E-state index in [2.05, 4.69) is 0 Å². The molecular formula is C56H89NO16. The van der Waals surface area contributed by atoms with Crippen LogP contribution >= 0.6 is 0 Å². The van der Waals surface area contributed by atoms with E-state index in [4.69, 9.17) is 37.9 Å². The third-order valence-electron chi connectivity index (χ3n) is 15.2. The summed E-state index contributed by atoms with van der Waals surface area (Å²) in [7, 11) is 4.59. The fourth-order valence-electron chi connectivity index (χ4n) is 10.6. The lowest BCUT2D eigenvalue weighted by Gasteiger charge is -2.42. The molecule has 0 aromatic heterocycles. The second kappa shape index (κ2) is 31.5. The number of fused-ring (bicyclic) bond motifs is 3. The number of carbonyl (C=O) groups is 5. The summed E-state index contributed by atoms with van der Waals surface area (Å²) in [6.45, 7) is 12.3. The van der Waals surface area contributed by atoms with Gasteiger partial charge in [0, 0.05) is 58.5 Å². The maximum Gasteiger partial charge on any atom is 0.329 e. The van der Waals surface area contributed by atoms with Crippen LogP contribution in [0.5, 0.6) is 0 Å². The van der Waals surface area contributed by atoms with Gasteiger partial charge in [-0.15, -0.1) is 0 Å². The highest BCUT2D eigenvalue weighted by Gasteiger charge is 2.53. The molecule has 73 heavy (non-hydrogen) atoms. The number of ether oxygens (including phenoxy) is 8. The fourth-order valence-corrected chi connectivity index (χ4v) is 10.6. The van der Waals surface area contributed by atoms with Crippen LogP contribution in [0.25, 0.3) is 0 Å². The second-order valence-corrected chi connectivity index (χ2v) is 20.8. The minimum atomic E-state index is -2.47. The monoisotopic (exact) mass is 1030 g/mol. The van der Waals surface area contributed by atoms with E-state index in [0.717, 1.165) is 12.0 Å². The first-order valence-corrected chi connectivity index (χ1v) is 26.8. The number of methoxy groups -OCH3 is 3. The van der Waals surface area contributed by atoms with Crippen molar-refractivity contribution in [1.29, 1.82) is 0 Å². The van der Waals surface area contributed by atoms with Crippen LogP contribution in [0.1, 0.15) is 125 Å². The number of aliphatic hydroxyl groups is 3. The van der Waals surface area contributed by atoms with Gasteiger partial charge in [-0.3, -0.25) is 19.2 Å². The molecule has 0 radical (unpaired) electrons. The van der Waals surface area contributed by atoms with Crippen molar-refractivity contribution >= 4 is 29.2 Å². The third kappa shape index (κ3) is 18.6. The molecule has 1 saturated carbocycles. The zero-order chi connectivity index (χ0) is 53.7. The second-order valence-electron chi connectivity index (χ2n) is 20.8. The average molecular weight is 1030 g/mol. The molecule has 1 aliphatic carbocycles. The molecule has 2 bridgehead atoms. The Hall–Kier alpha value is -3.49. The minimum Gasteiger partial charge on any atom is -0.460 e. The molecular weight excluding hydrogens is 943 g/mol. The molecule has 414 valence electrons. The molecule has 17 heteroatoms. The summed E-state index contributed by atoms with van der Waals surface area (Å²) in [4.78, 5) is 72.3. The van der Waals surface area contributed by atoms with Gasteiger partial charge in [0.1, 0.15) is 30.1 Å². The van der Waals surface area contributed by atoms with Crippen LogP contribution in [0.4, 0.5) is 0 Å². The van der Waals surface area contributed by atoms with Crippen LogP contribution in [0.2, 0.25) is 0 Å². The first-order chi connectivity index (χ1) is 34.9. The van der Waals surface area contributed by atoms with Crippen molar-refractivity contribution in [3.8, 4) is 0 Å². The van der Waals surface area contributed by atoms with Crippen molar-refractivity contribution in [3.05, 3.63) is 47.6 Å². The molecule has 0 aromatic rings. The number of piperidine rings is 1. The van der Waals surface area contributed by atoms with Gasteiger partial charge < -0.3 is 58.1 Å². The summed E-state index contributed by atoms with van der Waals surface area (Å²) in [6, 6.07) is -1.16. The number of nitrogens with zero attached hydrogens (tertiary/aromatic N) is 1. The van der Waals surface area contributed by atoms with Crippen LogP contribution in [-0.2, 0) is 61.9 Å². The third-order valence-corrected chi connectivity index (χ3v) is 15.2. The molecule has 1 amide bonds. The summed E-state index contributed by atoms with van der Waals surface area (Å²) in [5.41, 5.74) is 1.23. The topological polar surface area (TPSA) is 223 Å². The number of rotatable bonds is 15. The Kier molecular flexibility index (Phi) is 26.8. The summed E-state index contributed by atoms with van der Waals surface area (Å²) in [5.74, 6) is -7.77. The molecule has 1 unspecified atom stereocenters. The number of ketones is 3. The molecule has 4 rings (SSSR count). The Morgan fingerprint density at radius 2 is 1.53 bits per heavy atom. The quantitative estimate of drug-likeness (QED) is 0.0742. The number of cyclic esters (lactones) is 1. The van der Waals surface area contributed by atoms with Gasteiger partial charge in [0.2, 0.25) is 5.79 Å². The Morgan fingerprint density at radius 1 is 0.781 bits per heavy atom. The predicted molar refractivity (Wildman–Crippen MR) is 273 cm³/mol. The summed E-state index contributed by atoms with van der Waals surface area (Å²) in [6.07, 6.45) is 12.0. The molecule has 17 nitrogen and oxygen atoms in total. The number of Topliss-reactive ketones (excluding diaryl/α,β-unsaturated/α-hetero) is 3. The molecule has 3 heterocycles. The zero-order valence-electron chi connectivity index (χ0n) is 45.2. The number of hydrogen-bond donors (Lipinski definition) is 3. The van der Waals surface area contributed by atoms with Crippen molar-refractivity contribution in [1.82, 2.24) is 4.90 Å². The van der Waals surface area contributed by atoms with Crippen LogP contribution < -0.4 is 0 Å². The van der Waals surface area contributed by atoms with E-state index in [9.17, 15) is 39.3 Å². The smallest absolute Gasteiger partial charge is 0.329 e. The Labute approximate surface area is 434 Å². The molecule has 14 atom stereocenters. The number of carbonyl (C=O) groups excluding carboxylic acids is 5. The molecule has 3 N–H and O–H groups in total. The highest BCUT2D eigenvalue weighted by Crippen LogP contribution is 2.37. The molecule has 3 aliphatic heterocycles. The van der Waals surface area contributed by atoms with Crippen molar-refractivity contribution < 1.29 is 77.2 Å². The van der Waals surface area contributed by atoms with Gasteiger partial charge in [-0.1, -0.05) is 64.2 Å². The minimum absolute atomic E-state index is 0.00728. The summed E-state index contributed by atoms with van der Waals surface area (Å²) < 4.78 is 46.8. The average Bonchev–Trinajstić information content (AvgIpc) is 3.38. The number of amides is 1. The van der Waals surface area contributed by atoms with Crippen molar-refractivity contribution in [2.75, 3.05) is 67.5 Å². The molecule has 0 aromatic carbocycles. The molecule has 0 spiro atoms. The summed E-state index contributed by atoms with van der Waals surface area (Å²) >= 11 is 0. The number of hydrogen-bond acceptors (Lipinski definition) is 16. The van der Waals surface area contributed by atoms with Gasteiger partial charge >= 0.3 is 5.97 Å². The first kappa shape index (κ1) is 62.1. The number of allylic oxidation sites excluding steroid dienone is 6. The SMILES string of the molecule is COCCOCCOC1C[C@@H]2CC[C@@H](C)[C@@](O)(O2)C(=O)C(=O)N2CCCC[C@H]2C(=O)O[C@H](CC[C@@H]2CC[C@@H](OCCO)[C@H](OC)C2)CC(=O)[C@H](C)/C=C(\C)[C@@H](O)[C@@H](OC)C(=O)[C@H](C)C[C@H](C)/C=C/C=CC=C1C. The van der Waals surface area contributed by atoms with Gasteiger partial charge in [-0.2, -0.15) is 0 Å². The lowest BCUT2D eigenvalue weighted by atomic mass is 9.81. The van der Waals surface area contributed by atoms with Crippen LogP contribution in [0.15, 0.2) is 47.6 Å². The van der Waals surface area contributed by atoms with E-state index in [1.807, 2.05) is 51.2 Å². The van der Waals surface area contributed by atoms with Crippen molar-refractivity contribution in [3.63, 3.8) is 0 Å². The Morgan fingerprint density at radius 3 is 2.25 bits per heavy atom. The standard InChI is InChI=1S/C56H89NO16/c1-36-15-11-10-12-16-37(2)48(71-30-29-69-28-27-66-7)35-44-21-18-41(6)56(65,73-44)53(62)54(63)57-24-14-13-17-45(57)55(64)72-43(22-19-42-20-23-47(70-26-25-58)49(33-42)67-8)34-46(59)38(3)32-40(5)51(61)52(68-9)50(60)39(4)31-36/h10-12,15-16,32,36,38-39,41-45,47-49,51-52,58,61,65H,13-14,17-31,33-35H2,1-9H3/b12-10?,15-11+,37-16?,40-32+/t36-,38-,39-,41-,42-,43-,44+,45+,47-,48?,49-,51-,52+,56-/m1/s1. The van der Waals surface area contributed by atoms with E-state index in [1.165, 1.54) is 12.0 Å². The van der Waals surface area contributed by atoms with E-state index < -0.39 is 77.8 Å². The van der Waals surface area contributed by atoms with Crippen LogP contribution in [-0.4, -0.2) is 172 Å². The highest BCUT2D eigenvalue weighted by atomic mass is 16.6.